The van der Waals surface area contributed by atoms with Gasteiger partial charge in [0, 0.05) is 13.5 Å². The molecule has 1 aromatic heterocycles. The number of imidazole rings is 1. The maximum Gasteiger partial charge on any atom is 0.206 e. The average Bonchev–Trinajstić information content (AvgIpc) is 2.92. The van der Waals surface area contributed by atoms with Crippen LogP contribution in [0.1, 0.15) is 6.42 Å². The molecule has 0 unspecified atom stereocenters. The van der Waals surface area contributed by atoms with E-state index in [0.29, 0.717) is 11.5 Å². The highest BCUT2D eigenvalue weighted by atomic mass is 19.1. The Morgan fingerprint density at radius 1 is 1.47 bits per heavy atom. The lowest BCUT2D eigenvalue weighted by molar-refractivity contribution is 0.255. The van der Waals surface area contributed by atoms with Gasteiger partial charge in [0.25, 0.3) is 0 Å². The number of benzene rings is 1. The zero-order chi connectivity index (χ0) is 13.6. The molecule has 2 atom stereocenters. The van der Waals surface area contributed by atoms with Crippen LogP contribution in [0.4, 0.5) is 14.7 Å². The Kier molecular flexibility index (Phi) is 2.89. The SMILES string of the molecule is Cn1c(N2C[C@@H](F)C[C@H]2CO)nc2c(F)cccc21. The number of hydrogen-bond donors (Lipinski definition) is 1. The van der Waals surface area contributed by atoms with Crippen molar-refractivity contribution < 1.29 is 13.9 Å². The Morgan fingerprint density at radius 3 is 2.95 bits per heavy atom. The highest BCUT2D eigenvalue weighted by Crippen LogP contribution is 2.29. The Labute approximate surface area is 109 Å². The van der Waals surface area contributed by atoms with Crippen molar-refractivity contribution in [2.45, 2.75) is 18.6 Å². The highest BCUT2D eigenvalue weighted by Gasteiger charge is 2.34. The summed E-state index contributed by atoms with van der Waals surface area (Å²) in [4.78, 5) is 5.97. The predicted molar refractivity (Wildman–Crippen MR) is 68.4 cm³/mol. The molecule has 0 spiro atoms. The summed E-state index contributed by atoms with van der Waals surface area (Å²) in [6.07, 6.45) is -0.704. The fourth-order valence-corrected chi connectivity index (χ4v) is 2.70. The first-order chi connectivity index (χ1) is 9.11. The lowest BCUT2D eigenvalue weighted by atomic mass is 10.2. The van der Waals surface area contributed by atoms with E-state index in [1.807, 2.05) is 0 Å². The van der Waals surface area contributed by atoms with Crippen molar-refractivity contribution in [1.82, 2.24) is 9.55 Å². The first kappa shape index (κ1) is 12.3. The topological polar surface area (TPSA) is 41.3 Å². The van der Waals surface area contributed by atoms with E-state index < -0.39 is 12.0 Å². The van der Waals surface area contributed by atoms with Crippen molar-refractivity contribution in [2.24, 2.45) is 7.05 Å². The van der Waals surface area contributed by atoms with Crippen LogP contribution in [0.3, 0.4) is 0 Å². The van der Waals surface area contributed by atoms with Gasteiger partial charge < -0.3 is 14.6 Å². The Balaban J connectivity index is 2.10. The van der Waals surface area contributed by atoms with Crippen molar-refractivity contribution in [2.75, 3.05) is 18.1 Å². The van der Waals surface area contributed by atoms with Crippen LogP contribution in [0.5, 0.6) is 0 Å². The van der Waals surface area contributed by atoms with Gasteiger partial charge in [0.05, 0.1) is 24.7 Å². The van der Waals surface area contributed by atoms with Crippen molar-refractivity contribution in [3.63, 3.8) is 0 Å². The van der Waals surface area contributed by atoms with Gasteiger partial charge in [0.2, 0.25) is 5.95 Å². The third kappa shape index (κ3) is 1.87. The van der Waals surface area contributed by atoms with Crippen molar-refractivity contribution in [3.05, 3.63) is 24.0 Å². The number of aromatic nitrogens is 2. The summed E-state index contributed by atoms with van der Waals surface area (Å²) in [5.41, 5.74) is 0.938. The Morgan fingerprint density at radius 2 is 2.26 bits per heavy atom. The fraction of sp³-hybridized carbons (Fsp3) is 0.462. The molecular formula is C13H15F2N3O. The third-order valence-electron chi connectivity index (χ3n) is 3.67. The molecule has 6 heteroatoms. The zero-order valence-electron chi connectivity index (χ0n) is 10.6. The molecule has 1 aliphatic rings. The number of halogens is 2. The van der Waals surface area contributed by atoms with Crippen LogP contribution in [-0.2, 0) is 7.05 Å². The summed E-state index contributed by atoms with van der Waals surface area (Å²) in [6.45, 7) is 0.0517. The molecule has 1 aromatic carbocycles. The molecule has 0 radical (unpaired) electrons. The molecular weight excluding hydrogens is 252 g/mol. The first-order valence-corrected chi connectivity index (χ1v) is 6.24. The number of rotatable bonds is 2. The molecule has 0 amide bonds. The van der Waals surface area contributed by atoms with Crippen LogP contribution < -0.4 is 4.90 Å². The van der Waals surface area contributed by atoms with Crippen LogP contribution >= 0.6 is 0 Å². The smallest absolute Gasteiger partial charge is 0.206 e. The van der Waals surface area contributed by atoms with E-state index in [0.717, 1.165) is 0 Å². The average molecular weight is 267 g/mol. The third-order valence-corrected chi connectivity index (χ3v) is 3.67. The van der Waals surface area contributed by atoms with Crippen LogP contribution in [-0.4, -0.2) is 40.0 Å². The summed E-state index contributed by atoms with van der Waals surface area (Å²) < 4.78 is 28.9. The summed E-state index contributed by atoms with van der Waals surface area (Å²) in [6, 6.07) is 4.44. The molecule has 4 nitrogen and oxygen atoms in total. The van der Waals surface area contributed by atoms with E-state index in [4.69, 9.17) is 0 Å². The molecule has 1 saturated heterocycles. The van der Waals surface area contributed by atoms with Gasteiger partial charge in [0.1, 0.15) is 11.7 Å². The summed E-state index contributed by atoms with van der Waals surface area (Å²) in [7, 11) is 1.77. The molecule has 1 N–H and O–H groups in total. The lowest BCUT2D eigenvalue weighted by Crippen LogP contribution is -2.34. The van der Waals surface area contributed by atoms with Crippen LogP contribution in [0.2, 0.25) is 0 Å². The number of alkyl halides is 1. The Bertz CT molecular complexity index is 613. The second-order valence-corrected chi connectivity index (χ2v) is 4.90. The normalized spacial score (nSPS) is 23.5. The van der Waals surface area contributed by atoms with Crippen molar-refractivity contribution in [1.29, 1.82) is 0 Å². The molecule has 1 aliphatic heterocycles. The molecule has 0 saturated carbocycles. The molecule has 0 aliphatic carbocycles. The van der Waals surface area contributed by atoms with E-state index in [9.17, 15) is 13.9 Å². The standard InChI is InChI=1S/C13H15F2N3O/c1-17-11-4-2-3-10(15)12(11)16-13(17)18-6-8(14)5-9(18)7-19/h2-4,8-9,19H,5-7H2,1H3/t8-,9-/m0/s1. The van der Waals surface area contributed by atoms with Crippen LogP contribution in [0, 0.1) is 5.82 Å². The van der Waals surface area contributed by atoms with E-state index >= 15 is 0 Å². The Hall–Kier alpha value is -1.69. The summed E-state index contributed by atoms with van der Waals surface area (Å²) in [5, 5.41) is 9.32. The van der Waals surface area contributed by atoms with E-state index in [1.165, 1.54) is 6.07 Å². The number of aryl methyl sites for hydroxylation is 1. The number of nitrogens with zero attached hydrogens (tertiary/aromatic N) is 3. The summed E-state index contributed by atoms with van der Waals surface area (Å²) in [5.74, 6) is 0.107. The molecule has 2 aromatic rings. The van der Waals surface area contributed by atoms with Gasteiger partial charge in [-0.25, -0.2) is 13.8 Å². The largest absolute Gasteiger partial charge is 0.394 e. The molecule has 102 valence electrons. The second kappa shape index (κ2) is 4.45. The summed E-state index contributed by atoms with van der Waals surface area (Å²) >= 11 is 0. The number of hydrogen-bond acceptors (Lipinski definition) is 3. The zero-order valence-corrected chi connectivity index (χ0v) is 10.6. The number of fused-ring (bicyclic) bond motifs is 1. The van der Waals surface area contributed by atoms with Crippen LogP contribution in [0.25, 0.3) is 11.0 Å². The van der Waals surface area contributed by atoms with Gasteiger partial charge in [-0.15, -0.1) is 0 Å². The minimum Gasteiger partial charge on any atom is -0.394 e. The number of aliphatic hydroxyl groups is 1. The van der Waals surface area contributed by atoms with Crippen molar-refractivity contribution >= 4 is 17.0 Å². The van der Waals surface area contributed by atoms with Gasteiger partial charge in [-0.3, -0.25) is 0 Å². The number of para-hydroxylation sites is 1. The maximum atomic E-state index is 13.7. The molecule has 2 heterocycles. The number of anilines is 1. The first-order valence-electron chi connectivity index (χ1n) is 6.24. The molecule has 0 bridgehead atoms. The minimum atomic E-state index is -0.984. The van der Waals surface area contributed by atoms with Gasteiger partial charge in [-0.1, -0.05) is 6.07 Å². The molecule has 19 heavy (non-hydrogen) atoms. The highest BCUT2D eigenvalue weighted by molar-refractivity contribution is 5.79. The van der Waals surface area contributed by atoms with Gasteiger partial charge >= 0.3 is 0 Å². The van der Waals surface area contributed by atoms with Gasteiger partial charge in [-0.2, -0.15) is 0 Å². The maximum absolute atomic E-state index is 13.7. The second-order valence-electron chi connectivity index (χ2n) is 4.90. The van der Waals surface area contributed by atoms with E-state index in [1.54, 1.807) is 28.6 Å². The van der Waals surface area contributed by atoms with Gasteiger partial charge in [-0.05, 0) is 12.1 Å². The quantitative estimate of drug-likeness (QED) is 0.899. The minimum absolute atomic E-state index is 0.133. The van der Waals surface area contributed by atoms with Gasteiger partial charge in [0.15, 0.2) is 5.82 Å². The number of aliphatic hydroxyl groups excluding tert-OH is 1. The van der Waals surface area contributed by atoms with E-state index in [2.05, 4.69) is 4.98 Å². The molecule has 3 rings (SSSR count). The monoisotopic (exact) mass is 267 g/mol. The van der Waals surface area contributed by atoms with Crippen molar-refractivity contribution in [3.8, 4) is 0 Å². The fourth-order valence-electron chi connectivity index (χ4n) is 2.70. The van der Waals surface area contributed by atoms with Crippen LogP contribution in [0.15, 0.2) is 18.2 Å². The lowest BCUT2D eigenvalue weighted by Gasteiger charge is -2.23. The molecule has 1 fully saturated rings. The van der Waals surface area contributed by atoms with E-state index in [-0.39, 0.29) is 31.1 Å². The predicted octanol–water partition coefficient (Wildman–Crippen LogP) is 1.62.